The summed E-state index contributed by atoms with van der Waals surface area (Å²) in [6, 6.07) is 7.80. The molecule has 1 aliphatic heterocycles. The van der Waals surface area contributed by atoms with Crippen LogP contribution >= 0.6 is 0 Å². The van der Waals surface area contributed by atoms with E-state index in [1.165, 1.54) is 0 Å². The van der Waals surface area contributed by atoms with Crippen molar-refractivity contribution >= 4 is 33.7 Å². The number of hydrogen-bond donors (Lipinski definition) is 1. The number of amides is 1. The van der Waals surface area contributed by atoms with Gasteiger partial charge in [0.2, 0.25) is 0 Å². The maximum atomic E-state index is 15.1. The molecule has 0 bridgehead atoms. The second-order valence-corrected chi connectivity index (χ2v) is 10.7. The van der Waals surface area contributed by atoms with E-state index in [1.807, 2.05) is 5.32 Å². The fourth-order valence-electron chi connectivity index (χ4n) is 5.73. The van der Waals surface area contributed by atoms with Crippen molar-refractivity contribution in [3.63, 3.8) is 0 Å². The van der Waals surface area contributed by atoms with Crippen LogP contribution in [0.3, 0.4) is 0 Å². The van der Waals surface area contributed by atoms with Gasteiger partial charge in [0.25, 0.3) is 5.91 Å². The van der Waals surface area contributed by atoms with E-state index < -0.39 is 40.8 Å². The number of pyridine rings is 1. The molecular formula is C33H26F6N4O2. The number of hydrogen-bond acceptors (Lipinski definition) is 3. The molecule has 0 aliphatic carbocycles. The van der Waals surface area contributed by atoms with E-state index in [0.29, 0.717) is 34.5 Å². The van der Waals surface area contributed by atoms with Crippen LogP contribution in [0.15, 0.2) is 61.1 Å². The largest absolute Gasteiger partial charge is 0.490 e. The Balaban J connectivity index is 1.51. The molecule has 232 valence electrons. The molecule has 0 unspecified atom stereocenters. The molecule has 1 amide bonds. The van der Waals surface area contributed by atoms with E-state index in [-0.39, 0.29) is 46.6 Å². The summed E-state index contributed by atoms with van der Waals surface area (Å²) < 4.78 is 97.1. The minimum Gasteiger partial charge on any atom is -0.490 e. The van der Waals surface area contributed by atoms with Gasteiger partial charge in [0, 0.05) is 30.8 Å². The number of halogens is 6. The lowest BCUT2D eigenvalue weighted by Gasteiger charge is -2.22. The predicted molar refractivity (Wildman–Crippen MR) is 159 cm³/mol. The summed E-state index contributed by atoms with van der Waals surface area (Å²) in [7, 11) is 1.64. The third-order valence-electron chi connectivity index (χ3n) is 7.96. The van der Waals surface area contributed by atoms with Gasteiger partial charge in [-0.2, -0.15) is 13.2 Å². The lowest BCUT2D eigenvalue weighted by atomic mass is 9.94. The van der Waals surface area contributed by atoms with Crippen molar-refractivity contribution in [3.05, 3.63) is 101 Å². The average molecular weight is 625 g/mol. The molecule has 1 N–H and O–H groups in total. The number of carbonyl (C=O) groups is 1. The number of fused-ring (bicyclic) bond motifs is 4. The van der Waals surface area contributed by atoms with E-state index in [9.17, 15) is 22.4 Å². The standard InChI is InChI=1S/C33H26F6N4O2/c1-5-7-22(34)32(44)41-28-23(35)12-19(13-24(28)36)16(2)25-14-18-9-11-45-31-27(20-8-6-10-43(25)30(18)20)21(33(37,38)39)15-26-29(31)40-17(3)42(26)4/h6-8,10,12-15H,2,5,9,11H2,1,3-4H3,(H,41,44)/b22-7-. The maximum absolute atomic E-state index is 15.1. The van der Waals surface area contributed by atoms with Gasteiger partial charge in [-0.25, -0.2) is 18.2 Å². The predicted octanol–water partition coefficient (Wildman–Crippen LogP) is 8.30. The third-order valence-corrected chi connectivity index (χ3v) is 7.96. The van der Waals surface area contributed by atoms with Gasteiger partial charge in [-0.15, -0.1) is 0 Å². The van der Waals surface area contributed by atoms with E-state index >= 15 is 8.78 Å². The molecule has 1 aliphatic rings. The highest BCUT2D eigenvalue weighted by Gasteiger charge is 2.38. The van der Waals surface area contributed by atoms with Crippen molar-refractivity contribution in [2.75, 3.05) is 11.9 Å². The Morgan fingerprint density at radius 3 is 2.56 bits per heavy atom. The van der Waals surface area contributed by atoms with Crippen LogP contribution in [-0.2, 0) is 24.4 Å². The Labute approximate surface area is 253 Å². The summed E-state index contributed by atoms with van der Waals surface area (Å²) in [6.45, 7) is 7.37. The van der Waals surface area contributed by atoms with Crippen LogP contribution < -0.4 is 10.1 Å². The number of ether oxygens (including phenoxy) is 1. The summed E-state index contributed by atoms with van der Waals surface area (Å²) in [6.07, 6.45) is -1.61. The number of imidazole rings is 1. The van der Waals surface area contributed by atoms with E-state index in [1.54, 1.807) is 54.3 Å². The Morgan fingerprint density at radius 1 is 1.18 bits per heavy atom. The number of nitrogens with zero attached hydrogens (tertiary/aromatic N) is 3. The number of anilines is 1. The fourth-order valence-corrected chi connectivity index (χ4v) is 5.73. The first kappa shape index (κ1) is 30.0. The Hall–Kier alpha value is -5.00. The molecule has 5 aromatic rings. The van der Waals surface area contributed by atoms with Crippen molar-refractivity contribution in [3.8, 4) is 16.9 Å². The van der Waals surface area contributed by atoms with Gasteiger partial charge in [-0.1, -0.05) is 19.6 Å². The van der Waals surface area contributed by atoms with Gasteiger partial charge in [0.05, 0.1) is 28.9 Å². The molecule has 45 heavy (non-hydrogen) atoms. The molecule has 0 saturated heterocycles. The van der Waals surface area contributed by atoms with Crippen molar-refractivity contribution in [2.45, 2.75) is 32.9 Å². The zero-order chi connectivity index (χ0) is 32.4. The minimum atomic E-state index is -4.73. The normalized spacial score (nSPS) is 13.4. The Kier molecular flexibility index (Phi) is 7.25. The van der Waals surface area contributed by atoms with Gasteiger partial charge in [0.1, 0.15) is 28.7 Å². The molecule has 0 atom stereocenters. The van der Waals surface area contributed by atoms with E-state index in [0.717, 1.165) is 24.3 Å². The second kappa shape index (κ2) is 10.9. The number of nitrogens with one attached hydrogen (secondary N) is 1. The molecule has 0 radical (unpaired) electrons. The van der Waals surface area contributed by atoms with Crippen molar-refractivity contribution in [1.29, 1.82) is 0 Å². The first-order chi connectivity index (χ1) is 21.3. The second-order valence-electron chi connectivity index (χ2n) is 10.7. The van der Waals surface area contributed by atoms with Crippen molar-refractivity contribution in [1.82, 2.24) is 14.0 Å². The average Bonchev–Trinajstić information content (AvgIpc) is 3.49. The molecule has 4 heterocycles. The van der Waals surface area contributed by atoms with Crippen LogP contribution in [0.5, 0.6) is 5.75 Å². The molecule has 0 spiro atoms. The van der Waals surface area contributed by atoms with Gasteiger partial charge in [0.15, 0.2) is 11.6 Å². The molecule has 6 nitrogen and oxygen atoms in total. The van der Waals surface area contributed by atoms with Gasteiger partial charge in [-0.05, 0) is 66.5 Å². The smallest absolute Gasteiger partial charge is 0.417 e. The Morgan fingerprint density at radius 2 is 1.89 bits per heavy atom. The highest BCUT2D eigenvalue weighted by molar-refractivity contribution is 6.02. The summed E-state index contributed by atoms with van der Waals surface area (Å²) >= 11 is 0. The summed E-state index contributed by atoms with van der Waals surface area (Å²) in [5.74, 6) is -4.24. The van der Waals surface area contributed by atoms with Crippen LogP contribution in [-0.4, -0.2) is 26.5 Å². The highest BCUT2D eigenvalue weighted by atomic mass is 19.4. The van der Waals surface area contributed by atoms with Gasteiger partial charge in [-0.3, -0.25) is 4.79 Å². The van der Waals surface area contributed by atoms with Crippen LogP contribution in [0.4, 0.5) is 32.0 Å². The lowest BCUT2D eigenvalue weighted by Crippen LogP contribution is -2.15. The Bertz CT molecular complexity index is 2060. The number of benzene rings is 2. The lowest BCUT2D eigenvalue weighted by molar-refractivity contribution is -0.137. The van der Waals surface area contributed by atoms with Gasteiger partial charge >= 0.3 is 6.18 Å². The maximum Gasteiger partial charge on any atom is 0.417 e. The molecule has 2 aromatic carbocycles. The SMILES string of the molecule is C=C(c1cc(F)c(NC(=O)/C(F)=C/CC)c(F)c1)c1cc2c3c(cccn13)-c1c(C(F)(F)F)cc3c(nc(C)n3C)c1OCC2. The summed E-state index contributed by atoms with van der Waals surface area (Å²) in [5.41, 5.74) is 0.613. The number of rotatable bonds is 5. The molecule has 3 aromatic heterocycles. The fraction of sp³-hybridized carbons (Fsp3) is 0.212. The van der Waals surface area contributed by atoms with Crippen LogP contribution in [0, 0.1) is 18.6 Å². The topological polar surface area (TPSA) is 60.6 Å². The van der Waals surface area contributed by atoms with E-state index in [4.69, 9.17) is 4.74 Å². The third kappa shape index (κ3) is 4.94. The zero-order valence-electron chi connectivity index (χ0n) is 24.4. The van der Waals surface area contributed by atoms with Crippen molar-refractivity contribution < 1.29 is 35.9 Å². The number of carbonyl (C=O) groups excluding carboxylic acids is 1. The van der Waals surface area contributed by atoms with Crippen LogP contribution in [0.1, 0.15) is 41.6 Å². The quantitative estimate of drug-likeness (QED) is 0.158. The monoisotopic (exact) mass is 624 g/mol. The highest BCUT2D eigenvalue weighted by Crippen LogP contribution is 2.49. The summed E-state index contributed by atoms with van der Waals surface area (Å²) in [5, 5.41) is 1.91. The molecule has 0 fully saturated rings. The van der Waals surface area contributed by atoms with Crippen LogP contribution in [0.25, 0.3) is 33.3 Å². The number of alkyl halides is 3. The first-order valence-electron chi connectivity index (χ1n) is 14.0. The first-order valence-corrected chi connectivity index (χ1v) is 14.0. The molecular weight excluding hydrogens is 598 g/mol. The summed E-state index contributed by atoms with van der Waals surface area (Å²) in [4.78, 5) is 16.5. The minimum absolute atomic E-state index is 0.0112. The number of allylic oxidation sites excluding steroid dienone is 1. The zero-order valence-corrected chi connectivity index (χ0v) is 24.4. The number of aromatic nitrogens is 3. The molecule has 12 heteroatoms. The van der Waals surface area contributed by atoms with Crippen LogP contribution in [0.2, 0.25) is 0 Å². The molecule has 6 rings (SSSR count). The molecule has 0 saturated carbocycles. The van der Waals surface area contributed by atoms with Crippen molar-refractivity contribution in [2.24, 2.45) is 7.05 Å². The van der Waals surface area contributed by atoms with E-state index in [2.05, 4.69) is 11.6 Å². The van der Waals surface area contributed by atoms with Gasteiger partial charge < -0.3 is 19.0 Å². The number of aryl methyl sites for hydroxylation is 2.